The lowest BCUT2D eigenvalue weighted by atomic mass is 10.2. The molecule has 1 fully saturated rings. The fourth-order valence-electron chi connectivity index (χ4n) is 2.30. The zero-order valence-corrected chi connectivity index (χ0v) is 15.7. The summed E-state index contributed by atoms with van der Waals surface area (Å²) < 4.78 is 16.4. The van der Waals surface area contributed by atoms with Crippen LogP contribution in [0.2, 0.25) is 0 Å². The summed E-state index contributed by atoms with van der Waals surface area (Å²) in [5, 5.41) is 2.52. The van der Waals surface area contributed by atoms with E-state index in [0.717, 1.165) is 4.90 Å². The van der Waals surface area contributed by atoms with E-state index in [9.17, 15) is 14.4 Å². The Morgan fingerprint density at radius 1 is 1.40 bits per heavy atom. The molecule has 0 saturated carbocycles. The van der Waals surface area contributed by atoms with E-state index in [0.29, 0.717) is 29.1 Å². The average Bonchev–Trinajstić information content (AvgIpc) is 3.01. The summed E-state index contributed by atoms with van der Waals surface area (Å²) in [5.41, 5.74) is 0.192. The van der Waals surface area contributed by atoms with Crippen LogP contribution in [0.1, 0.15) is 24.2 Å². The average molecular weight is 415 g/mol. The van der Waals surface area contributed by atoms with Crippen molar-refractivity contribution in [1.82, 2.24) is 10.2 Å². The lowest BCUT2D eigenvalue weighted by molar-refractivity contribution is -0.136. The van der Waals surface area contributed by atoms with E-state index in [1.807, 2.05) is 6.92 Å². The monoisotopic (exact) mass is 414 g/mol. The van der Waals surface area contributed by atoms with E-state index in [4.69, 9.17) is 14.2 Å². The smallest absolute Gasteiger partial charge is 0.339 e. The third-order valence-electron chi connectivity index (χ3n) is 3.51. The van der Waals surface area contributed by atoms with Gasteiger partial charge in [-0.25, -0.2) is 9.59 Å². The Morgan fingerprint density at radius 3 is 2.68 bits per heavy atom. The molecule has 0 bridgehead atoms. The number of carbonyl (C=O) groups excluding carboxylic acids is 3. The minimum Gasteiger partial charge on any atom is -0.493 e. The van der Waals surface area contributed by atoms with Gasteiger partial charge in [-0.05, 0) is 41.9 Å². The molecule has 2 rings (SSSR count). The number of hydrogen-bond acceptors (Lipinski definition) is 6. The largest absolute Gasteiger partial charge is 0.493 e. The number of methoxy groups -OCH3 is 1. The van der Waals surface area contributed by atoms with Gasteiger partial charge in [-0.2, -0.15) is 0 Å². The first kappa shape index (κ1) is 19.0. The number of ether oxygens (including phenoxy) is 3. The molecular weight excluding hydrogens is 396 g/mol. The van der Waals surface area contributed by atoms with E-state index in [1.54, 1.807) is 0 Å². The minimum atomic E-state index is -1.09. The number of esters is 1. The van der Waals surface area contributed by atoms with Gasteiger partial charge in [-0.3, -0.25) is 9.69 Å². The standard InChI is InChI=1S/C16H19BrN2O6/c1-4-24-13-11(17)7-10(8-12(13)23-3)15(21)25-9(2)14(20)19-6-5-18-16(19)22/h7-9H,4-6H2,1-3H3,(H,18,22)/t9-/m1/s1. The number of imide groups is 1. The molecule has 1 heterocycles. The zero-order valence-electron chi connectivity index (χ0n) is 14.1. The minimum absolute atomic E-state index is 0.192. The molecule has 1 N–H and O–H groups in total. The predicted molar refractivity (Wildman–Crippen MR) is 91.9 cm³/mol. The SMILES string of the molecule is CCOc1c(Br)cc(C(=O)O[C@H](C)C(=O)N2CCNC2=O)cc1OC. The van der Waals surface area contributed by atoms with Gasteiger partial charge in [-0.1, -0.05) is 0 Å². The van der Waals surface area contributed by atoms with Crippen molar-refractivity contribution in [3.8, 4) is 11.5 Å². The Kier molecular flexibility index (Phi) is 6.24. The van der Waals surface area contributed by atoms with Crippen LogP contribution >= 0.6 is 15.9 Å². The van der Waals surface area contributed by atoms with Crippen LogP contribution in [0.3, 0.4) is 0 Å². The molecule has 0 aromatic heterocycles. The molecule has 1 aromatic rings. The van der Waals surface area contributed by atoms with Crippen molar-refractivity contribution in [1.29, 1.82) is 0 Å². The van der Waals surface area contributed by atoms with Crippen molar-refractivity contribution in [2.24, 2.45) is 0 Å². The summed E-state index contributed by atoms with van der Waals surface area (Å²) in [6, 6.07) is 2.51. The summed E-state index contributed by atoms with van der Waals surface area (Å²) in [6.45, 7) is 4.32. The lowest BCUT2D eigenvalue weighted by Crippen LogP contribution is -2.41. The van der Waals surface area contributed by atoms with Crippen LogP contribution in [0, 0.1) is 0 Å². The first-order valence-electron chi connectivity index (χ1n) is 7.69. The fourth-order valence-corrected chi connectivity index (χ4v) is 2.86. The molecule has 1 aliphatic heterocycles. The molecular formula is C16H19BrN2O6. The Hall–Kier alpha value is -2.29. The molecule has 9 heteroatoms. The van der Waals surface area contributed by atoms with E-state index >= 15 is 0 Å². The van der Waals surface area contributed by atoms with Gasteiger partial charge in [0.25, 0.3) is 5.91 Å². The van der Waals surface area contributed by atoms with Crippen molar-refractivity contribution in [2.45, 2.75) is 20.0 Å². The quantitative estimate of drug-likeness (QED) is 0.714. The van der Waals surface area contributed by atoms with Crippen molar-refractivity contribution in [2.75, 3.05) is 26.8 Å². The lowest BCUT2D eigenvalue weighted by Gasteiger charge is -2.18. The maximum atomic E-state index is 12.3. The first-order valence-corrected chi connectivity index (χ1v) is 8.48. The van der Waals surface area contributed by atoms with Gasteiger partial charge in [0.2, 0.25) is 0 Å². The normalized spacial score (nSPS) is 14.7. The van der Waals surface area contributed by atoms with Crippen LogP contribution in [0.5, 0.6) is 11.5 Å². The number of rotatable bonds is 6. The van der Waals surface area contributed by atoms with Gasteiger partial charge in [0.15, 0.2) is 17.6 Å². The molecule has 1 atom stereocenters. The van der Waals surface area contributed by atoms with Gasteiger partial charge >= 0.3 is 12.0 Å². The number of halogens is 1. The summed E-state index contributed by atoms with van der Waals surface area (Å²) in [5.74, 6) is -0.441. The zero-order chi connectivity index (χ0) is 18.6. The number of nitrogens with one attached hydrogen (secondary N) is 1. The molecule has 3 amide bonds. The van der Waals surface area contributed by atoms with Crippen molar-refractivity contribution >= 4 is 33.8 Å². The van der Waals surface area contributed by atoms with Gasteiger partial charge in [0.05, 0.1) is 23.8 Å². The number of urea groups is 1. The molecule has 8 nitrogen and oxygen atoms in total. The molecule has 0 unspecified atom stereocenters. The highest BCUT2D eigenvalue weighted by Crippen LogP contribution is 2.36. The van der Waals surface area contributed by atoms with Crippen LogP contribution < -0.4 is 14.8 Å². The Bertz CT molecular complexity index is 693. The highest BCUT2D eigenvalue weighted by molar-refractivity contribution is 9.10. The van der Waals surface area contributed by atoms with Gasteiger partial charge in [0, 0.05) is 13.1 Å². The second-order valence-corrected chi connectivity index (χ2v) is 6.05. The number of carbonyl (C=O) groups is 3. The van der Waals surface area contributed by atoms with Crippen molar-refractivity contribution in [3.05, 3.63) is 22.2 Å². The van der Waals surface area contributed by atoms with E-state index < -0.39 is 24.0 Å². The topological polar surface area (TPSA) is 94.2 Å². The molecule has 25 heavy (non-hydrogen) atoms. The molecule has 0 radical (unpaired) electrons. The second-order valence-electron chi connectivity index (χ2n) is 5.19. The molecule has 1 saturated heterocycles. The van der Waals surface area contributed by atoms with Gasteiger partial charge in [0.1, 0.15) is 0 Å². The summed E-state index contributed by atoms with van der Waals surface area (Å²) in [7, 11) is 1.46. The van der Waals surface area contributed by atoms with Crippen molar-refractivity contribution in [3.63, 3.8) is 0 Å². The maximum Gasteiger partial charge on any atom is 0.339 e. The number of amides is 3. The fraction of sp³-hybridized carbons (Fsp3) is 0.438. The summed E-state index contributed by atoms with van der Waals surface area (Å²) >= 11 is 3.32. The molecule has 1 aromatic carbocycles. The van der Waals surface area contributed by atoms with Crippen LogP contribution in [0.15, 0.2) is 16.6 Å². The summed E-state index contributed by atoms with van der Waals surface area (Å²) in [4.78, 5) is 37.1. The van der Waals surface area contributed by atoms with E-state index in [1.165, 1.54) is 26.2 Å². The van der Waals surface area contributed by atoms with Gasteiger partial charge < -0.3 is 19.5 Å². The Balaban J connectivity index is 2.13. The Labute approximate surface area is 153 Å². The molecule has 0 aliphatic carbocycles. The van der Waals surface area contributed by atoms with Crippen LogP contribution in [0.25, 0.3) is 0 Å². The first-order chi connectivity index (χ1) is 11.9. The van der Waals surface area contributed by atoms with Crippen LogP contribution in [0.4, 0.5) is 4.79 Å². The Morgan fingerprint density at radius 2 is 2.12 bits per heavy atom. The number of nitrogens with zero attached hydrogens (tertiary/aromatic N) is 1. The number of benzene rings is 1. The van der Waals surface area contributed by atoms with Crippen LogP contribution in [-0.4, -0.2) is 55.7 Å². The maximum absolute atomic E-state index is 12.3. The van der Waals surface area contributed by atoms with Gasteiger partial charge in [-0.15, -0.1) is 0 Å². The highest BCUT2D eigenvalue weighted by atomic mass is 79.9. The summed E-state index contributed by atoms with van der Waals surface area (Å²) in [6.07, 6.45) is -1.09. The molecule has 136 valence electrons. The van der Waals surface area contributed by atoms with Crippen molar-refractivity contribution < 1.29 is 28.6 Å². The highest BCUT2D eigenvalue weighted by Gasteiger charge is 2.32. The third kappa shape index (κ3) is 4.22. The van der Waals surface area contributed by atoms with E-state index in [-0.39, 0.29) is 12.1 Å². The molecule has 1 aliphatic rings. The molecule has 0 spiro atoms. The number of hydrogen-bond donors (Lipinski definition) is 1. The third-order valence-corrected chi connectivity index (χ3v) is 4.10. The van der Waals surface area contributed by atoms with Crippen LogP contribution in [-0.2, 0) is 9.53 Å². The van der Waals surface area contributed by atoms with E-state index in [2.05, 4.69) is 21.2 Å². The predicted octanol–water partition coefficient (Wildman–Crippen LogP) is 1.95. The second kappa shape index (κ2) is 8.19.